The number of nitrogens with zero attached hydrogens (tertiary/aromatic N) is 1. The zero-order valence-corrected chi connectivity index (χ0v) is 13.4. The highest BCUT2D eigenvalue weighted by Gasteiger charge is 2.34. The Hall–Kier alpha value is -2.19. The van der Waals surface area contributed by atoms with Crippen molar-refractivity contribution in [2.75, 3.05) is 27.9 Å². The third kappa shape index (κ3) is 4.64. The van der Waals surface area contributed by atoms with E-state index in [1.165, 1.54) is 34.3 Å². The Labute approximate surface area is 133 Å². The topological polar surface area (TPSA) is 85.3 Å². The highest BCUT2D eigenvalue weighted by Crippen LogP contribution is 2.31. The highest BCUT2D eigenvalue weighted by molar-refractivity contribution is 5.84. The van der Waals surface area contributed by atoms with E-state index in [1.807, 2.05) is 0 Å². The van der Waals surface area contributed by atoms with Gasteiger partial charge < -0.3 is 24.2 Å². The molecule has 1 aromatic rings. The fourth-order valence-corrected chi connectivity index (χ4v) is 2.17. The smallest absolute Gasteiger partial charge is 0.331 e. The summed E-state index contributed by atoms with van der Waals surface area (Å²) in [5.74, 6) is -2.32. The minimum atomic E-state index is -1.44. The van der Waals surface area contributed by atoms with Crippen LogP contribution in [0.3, 0.4) is 0 Å². The standard InChI is InChI=1S/C15H20FNO6/c1-9(18)17(8-13(22-3)23-4)14(15(19)20)11-7-10(16)5-6-12(11)21-2/h5-7,13-14H,8H2,1-4H3,(H,19,20). The van der Waals surface area contributed by atoms with E-state index in [4.69, 9.17) is 14.2 Å². The van der Waals surface area contributed by atoms with Crippen molar-refractivity contribution in [3.05, 3.63) is 29.6 Å². The Bertz CT molecular complexity index is 561. The molecule has 0 aliphatic rings. The molecule has 128 valence electrons. The summed E-state index contributed by atoms with van der Waals surface area (Å²) in [5.41, 5.74) is 0.0288. The largest absolute Gasteiger partial charge is 0.496 e. The van der Waals surface area contributed by atoms with Crippen molar-refractivity contribution in [3.63, 3.8) is 0 Å². The Balaban J connectivity index is 3.34. The first-order valence-corrected chi connectivity index (χ1v) is 6.74. The number of carboxylic acid groups (broad SMARTS) is 1. The first kappa shape index (κ1) is 18.9. The molecule has 0 spiro atoms. The van der Waals surface area contributed by atoms with E-state index in [-0.39, 0.29) is 17.9 Å². The molecular formula is C15H20FNO6. The summed E-state index contributed by atoms with van der Waals surface area (Å²) in [6.45, 7) is 1.07. The lowest BCUT2D eigenvalue weighted by Gasteiger charge is -2.31. The average Bonchev–Trinajstić information content (AvgIpc) is 2.50. The van der Waals surface area contributed by atoms with Crippen LogP contribution in [-0.4, -0.2) is 56.0 Å². The van der Waals surface area contributed by atoms with Crippen molar-refractivity contribution in [1.29, 1.82) is 0 Å². The van der Waals surface area contributed by atoms with E-state index in [0.29, 0.717) is 0 Å². The predicted octanol–water partition coefficient (Wildman–Crippen LogP) is 1.43. The SMILES string of the molecule is COc1ccc(F)cc1C(C(=O)O)N(CC(OC)OC)C(C)=O. The lowest BCUT2D eigenvalue weighted by Crippen LogP contribution is -2.43. The molecule has 0 bridgehead atoms. The molecule has 1 aromatic carbocycles. The van der Waals surface area contributed by atoms with Gasteiger partial charge in [-0.15, -0.1) is 0 Å². The fourth-order valence-electron chi connectivity index (χ4n) is 2.17. The molecule has 0 aliphatic carbocycles. The van der Waals surface area contributed by atoms with E-state index < -0.39 is 30.0 Å². The number of carboxylic acids is 1. The number of carbonyl (C=O) groups is 2. The normalized spacial score (nSPS) is 12.1. The first-order valence-electron chi connectivity index (χ1n) is 6.74. The fraction of sp³-hybridized carbons (Fsp3) is 0.467. The third-order valence-electron chi connectivity index (χ3n) is 3.31. The van der Waals surface area contributed by atoms with Crippen molar-refractivity contribution in [2.24, 2.45) is 0 Å². The molecule has 0 aliphatic heterocycles. The van der Waals surface area contributed by atoms with Gasteiger partial charge in [0.1, 0.15) is 11.6 Å². The zero-order valence-electron chi connectivity index (χ0n) is 13.4. The number of amides is 1. The van der Waals surface area contributed by atoms with Gasteiger partial charge in [-0.1, -0.05) is 0 Å². The van der Waals surface area contributed by atoms with Gasteiger partial charge in [-0.2, -0.15) is 0 Å². The van der Waals surface area contributed by atoms with Crippen molar-refractivity contribution >= 4 is 11.9 Å². The second kappa shape index (κ2) is 8.44. The Morgan fingerprint density at radius 2 is 1.87 bits per heavy atom. The van der Waals surface area contributed by atoms with E-state index in [9.17, 15) is 19.1 Å². The summed E-state index contributed by atoms with van der Waals surface area (Å²) in [4.78, 5) is 24.7. The molecule has 0 fully saturated rings. The van der Waals surface area contributed by atoms with Crippen LogP contribution in [0.2, 0.25) is 0 Å². The Kier molecular flexibility index (Phi) is 6.92. The Morgan fingerprint density at radius 1 is 1.26 bits per heavy atom. The van der Waals surface area contributed by atoms with Crippen LogP contribution in [0, 0.1) is 5.82 Å². The van der Waals surface area contributed by atoms with Gasteiger partial charge in [-0.3, -0.25) is 4.79 Å². The molecule has 23 heavy (non-hydrogen) atoms. The highest BCUT2D eigenvalue weighted by atomic mass is 19.1. The van der Waals surface area contributed by atoms with Crippen molar-refractivity contribution in [1.82, 2.24) is 4.90 Å². The minimum absolute atomic E-state index is 0.0288. The van der Waals surface area contributed by atoms with Crippen molar-refractivity contribution in [2.45, 2.75) is 19.3 Å². The van der Waals surface area contributed by atoms with Crippen LogP contribution >= 0.6 is 0 Å². The second-order valence-corrected chi connectivity index (χ2v) is 4.70. The summed E-state index contributed by atoms with van der Waals surface area (Å²) in [6.07, 6.45) is -0.819. The van der Waals surface area contributed by atoms with Gasteiger partial charge in [0.25, 0.3) is 0 Å². The minimum Gasteiger partial charge on any atom is -0.496 e. The lowest BCUT2D eigenvalue weighted by molar-refractivity contribution is -0.159. The monoisotopic (exact) mass is 329 g/mol. The molecule has 0 saturated heterocycles. The number of hydrogen-bond donors (Lipinski definition) is 1. The number of aliphatic carboxylic acids is 1. The summed E-state index contributed by atoms with van der Waals surface area (Å²) < 4.78 is 28.7. The summed E-state index contributed by atoms with van der Waals surface area (Å²) in [5, 5.41) is 9.56. The molecular weight excluding hydrogens is 309 g/mol. The number of hydrogen-bond acceptors (Lipinski definition) is 5. The molecule has 1 atom stereocenters. The maximum atomic E-state index is 13.6. The maximum Gasteiger partial charge on any atom is 0.331 e. The quantitative estimate of drug-likeness (QED) is 0.726. The zero-order chi connectivity index (χ0) is 17.6. The van der Waals surface area contributed by atoms with Gasteiger partial charge in [0.2, 0.25) is 5.91 Å². The summed E-state index contributed by atoms with van der Waals surface area (Å²) >= 11 is 0. The third-order valence-corrected chi connectivity index (χ3v) is 3.31. The average molecular weight is 329 g/mol. The number of ether oxygens (including phenoxy) is 3. The molecule has 0 heterocycles. The van der Waals surface area contributed by atoms with Gasteiger partial charge in [-0.25, -0.2) is 9.18 Å². The first-order chi connectivity index (χ1) is 10.8. The molecule has 1 N–H and O–H groups in total. The van der Waals surface area contributed by atoms with Crippen LogP contribution in [0.1, 0.15) is 18.5 Å². The number of carbonyl (C=O) groups excluding carboxylic acids is 1. The van der Waals surface area contributed by atoms with Crippen LogP contribution in [0.4, 0.5) is 4.39 Å². The number of methoxy groups -OCH3 is 3. The van der Waals surface area contributed by atoms with E-state index in [1.54, 1.807) is 0 Å². The van der Waals surface area contributed by atoms with E-state index in [2.05, 4.69) is 0 Å². The number of rotatable bonds is 8. The van der Waals surface area contributed by atoms with Gasteiger partial charge in [0.15, 0.2) is 12.3 Å². The number of halogens is 1. The van der Waals surface area contributed by atoms with Crippen LogP contribution in [-0.2, 0) is 19.1 Å². The summed E-state index contributed by atoms with van der Waals surface area (Å²) in [7, 11) is 4.07. The Morgan fingerprint density at radius 3 is 2.30 bits per heavy atom. The molecule has 0 aromatic heterocycles. The lowest BCUT2D eigenvalue weighted by atomic mass is 10.0. The van der Waals surface area contributed by atoms with Gasteiger partial charge in [0, 0.05) is 26.7 Å². The summed E-state index contributed by atoms with van der Waals surface area (Å²) in [6, 6.07) is 2.04. The van der Waals surface area contributed by atoms with E-state index in [0.717, 1.165) is 17.0 Å². The second-order valence-electron chi connectivity index (χ2n) is 4.70. The maximum absolute atomic E-state index is 13.6. The molecule has 1 rings (SSSR count). The molecule has 7 nitrogen and oxygen atoms in total. The van der Waals surface area contributed by atoms with Gasteiger partial charge in [0.05, 0.1) is 13.7 Å². The van der Waals surface area contributed by atoms with Gasteiger partial charge in [-0.05, 0) is 18.2 Å². The molecule has 0 radical (unpaired) electrons. The van der Waals surface area contributed by atoms with Crippen LogP contribution in [0.15, 0.2) is 18.2 Å². The van der Waals surface area contributed by atoms with Crippen molar-refractivity contribution < 1.29 is 33.3 Å². The molecule has 0 saturated carbocycles. The molecule has 1 unspecified atom stereocenters. The predicted molar refractivity (Wildman–Crippen MR) is 78.5 cm³/mol. The van der Waals surface area contributed by atoms with Crippen LogP contribution in [0.5, 0.6) is 5.75 Å². The van der Waals surface area contributed by atoms with E-state index >= 15 is 0 Å². The molecule has 8 heteroatoms. The number of benzene rings is 1. The van der Waals surface area contributed by atoms with Gasteiger partial charge >= 0.3 is 5.97 Å². The molecule has 1 amide bonds. The van der Waals surface area contributed by atoms with Crippen LogP contribution < -0.4 is 4.74 Å². The van der Waals surface area contributed by atoms with Crippen LogP contribution in [0.25, 0.3) is 0 Å². The van der Waals surface area contributed by atoms with Crippen molar-refractivity contribution in [3.8, 4) is 5.75 Å².